The lowest BCUT2D eigenvalue weighted by Crippen LogP contribution is -2.30. The van der Waals surface area contributed by atoms with Gasteiger partial charge in [-0.05, 0) is 42.0 Å². The highest BCUT2D eigenvalue weighted by atomic mass is 16.5. The van der Waals surface area contributed by atoms with E-state index in [9.17, 15) is 4.79 Å². The van der Waals surface area contributed by atoms with Gasteiger partial charge in [-0.3, -0.25) is 0 Å². The van der Waals surface area contributed by atoms with Crippen LogP contribution in [0.2, 0.25) is 0 Å². The molecule has 1 amide bonds. The van der Waals surface area contributed by atoms with E-state index in [1.165, 1.54) is 22.3 Å². The largest absolute Gasteiger partial charge is 0.450 e. The first-order chi connectivity index (χ1) is 10.3. The maximum Gasteiger partial charge on any atom is 0.407 e. The smallest absolute Gasteiger partial charge is 0.407 e. The van der Waals surface area contributed by atoms with Crippen molar-refractivity contribution >= 4 is 6.09 Å². The van der Waals surface area contributed by atoms with E-state index in [4.69, 9.17) is 4.74 Å². The van der Waals surface area contributed by atoms with Gasteiger partial charge in [-0.15, -0.1) is 0 Å². The minimum absolute atomic E-state index is 0.0381. The second-order valence-electron chi connectivity index (χ2n) is 5.27. The van der Waals surface area contributed by atoms with Crippen molar-refractivity contribution in [1.29, 1.82) is 0 Å². The monoisotopic (exact) mass is 281 g/mol. The molecule has 0 bridgehead atoms. The molecule has 0 radical (unpaired) electrons. The Balaban J connectivity index is 1.97. The van der Waals surface area contributed by atoms with Gasteiger partial charge in [-0.25, -0.2) is 4.79 Å². The first-order valence-corrected chi connectivity index (χ1v) is 7.35. The summed E-state index contributed by atoms with van der Waals surface area (Å²) in [5.74, 6) is 0. The van der Waals surface area contributed by atoms with E-state index in [0.29, 0.717) is 6.61 Å². The zero-order valence-electron chi connectivity index (χ0n) is 12.1. The molecule has 1 unspecified atom stereocenters. The zero-order valence-corrected chi connectivity index (χ0v) is 12.1. The number of benzene rings is 2. The predicted octanol–water partition coefficient (Wildman–Crippen LogP) is 3.62. The second kappa shape index (κ2) is 6.00. The van der Waals surface area contributed by atoms with Gasteiger partial charge in [0.15, 0.2) is 0 Å². The molecule has 1 N–H and O–H groups in total. The van der Waals surface area contributed by atoms with Crippen molar-refractivity contribution in [2.75, 3.05) is 6.61 Å². The third-order valence-corrected chi connectivity index (χ3v) is 3.92. The number of hydrogen-bond donors (Lipinski definition) is 1. The van der Waals surface area contributed by atoms with Gasteiger partial charge in [-0.2, -0.15) is 0 Å². The van der Waals surface area contributed by atoms with Crippen LogP contribution in [0.5, 0.6) is 0 Å². The van der Waals surface area contributed by atoms with Crippen LogP contribution < -0.4 is 5.32 Å². The van der Waals surface area contributed by atoms with Gasteiger partial charge in [0.1, 0.15) is 0 Å². The van der Waals surface area contributed by atoms with Gasteiger partial charge < -0.3 is 10.1 Å². The Morgan fingerprint density at radius 1 is 1.10 bits per heavy atom. The van der Waals surface area contributed by atoms with Gasteiger partial charge >= 0.3 is 6.09 Å². The van der Waals surface area contributed by atoms with E-state index < -0.39 is 0 Å². The van der Waals surface area contributed by atoms with E-state index in [-0.39, 0.29) is 12.1 Å². The highest BCUT2D eigenvalue weighted by Gasteiger charge is 2.23. The van der Waals surface area contributed by atoms with Crippen LogP contribution in [0, 0.1) is 0 Å². The summed E-state index contributed by atoms with van der Waals surface area (Å²) in [5.41, 5.74) is 5.07. The number of alkyl carbamates (subject to hydrolysis) is 1. The molecule has 0 spiro atoms. The third kappa shape index (κ3) is 2.92. The number of amides is 1. The lowest BCUT2D eigenvalue weighted by molar-refractivity contribution is 0.148. The van der Waals surface area contributed by atoms with Crippen molar-refractivity contribution < 1.29 is 9.53 Å². The van der Waals surface area contributed by atoms with E-state index >= 15 is 0 Å². The zero-order chi connectivity index (χ0) is 14.7. The lowest BCUT2D eigenvalue weighted by Gasteiger charge is -2.19. The first kappa shape index (κ1) is 13.7. The van der Waals surface area contributed by atoms with Crippen LogP contribution >= 0.6 is 0 Å². The van der Waals surface area contributed by atoms with Crippen LogP contribution in [0.4, 0.5) is 4.79 Å². The van der Waals surface area contributed by atoms with Crippen molar-refractivity contribution in [3.63, 3.8) is 0 Å². The van der Waals surface area contributed by atoms with Crippen LogP contribution in [0.15, 0.2) is 48.5 Å². The molecule has 0 aliphatic heterocycles. The van der Waals surface area contributed by atoms with Crippen LogP contribution in [0.3, 0.4) is 0 Å². The lowest BCUT2D eigenvalue weighted by atomic mass is 9.98. The van der Waals surface area contributed by atoms with Gasteiger partial charge in [-0.1, -0.05) is 48.5 Å². The fraction of sp³-hybridized carbons (Fsp3) is 0.278. The molecule has 0 saturated heterocycles. The minimum atomic E-state index is -0.350. The quantitative estimate of drug-likeness (QED) is 0.913. The summed E-state index contributed by atoms with van der Waals surface area (Å²) < 4.78 is 5.04. The molecule has 0 heterocycles. The average Bonchev–Trinajstić information content (AvgIpc) is 2.64. The Hall–Kier alpha value is -2.29. The summed E-state index contributed by atoms with van der Waals surface area (Å²) in [7, 11) is 0. The number of ether oxygens (including phenoxy) is 1. The Morgan fingerprint density at radius 2 is 1.76 bits per heavy atom. The molecule has 1 aliphatic carbocycles. The fourth-order valence-electron chi connectivity index (χ4n) is 2.94. The number of nitrogens with one attached hydrogen (secondary N) is 1. The summed E-state index contributed by atoms with van der Waals surface area (Å²) in [6.45, 7) is 2.20. The number of fused-ring (bicyclic) bond motifs is 2. The molecule has 108 valence electrons. The number of rotatable bonds is 2. The average molecular weight is 281 g/mol. The highest BCUT2D eigenvalue weighted by molar-refractivity contribution is 5.68. The fourth-order valence-corrected chi connectivity index (χ4v) is 2.94. The van der Waals surface area contributed by atoms with Crippen molar-refractivity contribution in [2.24, 2.45) is 0 Å². The number of hydrogen-bond acceptors (Lipinski definition) is 2. The van der Waals surface area contributed by atoms with Gasteiger partial charge in [0, 0.05) is 0 Å². The van der Waals surface area contributed by atoms with Gasteiger partial charge in [0.25, 0.3) is 0 Å². The topological polar surface area (TPSA) is 38.3 Å². The summed E-state index contributed by atoms with van der Waals surface area (Å²) >= 11 is 0. The molecule has 1 aliphatic rings. The molecule has 2 aromatic rings. The van der Waals surface area contributed by atoms with Gasteiger partial charge in [0.2, 0.25) is 0 Å². The maximum atomic E-state index is 11.8. The maximum absolute atomic E-state index is 11.8. The van der Waals surface area contributed by atoms with Crippen molar-refractivity contribution in [3.05, 3.63) is 70.8 Å². The Labute approximate surface area is 124 Å². The normalized spacial score (nSPS) is 16.3. The second-order valence-corrected chi connectivity index (χ2v) is 5.27. The van der Waals surface area contributed by atoms with Crippen LogP contribution in [0.25, 0.3) is 0 Å². The van der Waals surface area contributed by atoms with Crippen LogP contribution in [-0.4, -0.2) is 12.7 Å². The van der Waals surface area contributed by atoms with Crippen LogP contribution in [-0.2, 0) is 17.6 Å². The molecular weight excluding hydrogens is 262 g/mol. The summed E-state index contributed by atoms with van der Waals surface area (Å²) in [6.07, 6.45) is 1.36. The molecule has 3 nitrogen and oxygen atoms in total. The minimum Gasteiger partial charge on any atom is -0.450 e. The molecule has 0 aromatic heterocycles. The van der Waals surface area contributed by atoms with E-state index in [1.807, 2.05) is 19.1 Å². The molecule has 3 heteroatoms. The molecule has 0 fully saturated rings. The standard InChI is InChI=1S/C18H19NO2/c1-2-21-18(20)19-17-12-14-8-4-3-7-13(14)11-15-9-5-6-10-16(15)17/h3-10,17H,2,11-12H2,1H3,(H,19,20). The van der Waals surface area contributed by atoms with Crippen molar-refractivity contribution in [3.8, 4) is 0 Å². The summed E-state index contributed by atoms with van der Waals surface area (Å²) in [6, 6.07) is 16.7. The van der Waals surface area contributed by atoms with Crippen LogP contribution in [0.1, 0.15) is 35.2 Å². The predicted molar refractivity (Wildman–Crippen MR) is 82.3 cm³/mol. The molecular formula is C18H19NO2. The molecule has 2 aromatic carbocycles. The Bertz CT molecular complexity index is 651. The van der Waals surface area contributed by atoms with E-state index in [0.717, 1.165) is 12.8 Å². The molecule has 1 atom stereocenters. The van der Waals surface area contributed by atoms with Crippen molar-refractivity contribution in [1.82, 2.24) is 5.32 Å². The summed E-state index contributed by atoms with van der Waals surface area (Å²) in [5, 5.41) is 3.00. The SMILES string of the molecule is CCOC(=O)NC1Cc2ccccc2Cc2ccccc21. The highest BCUT2D eigenvalue weighted by Crippen LogP contribution is 2.30. The number of carbonyl (C=O) groups excluding carboxylic acids is 1. The Kier molecular flexibility index (Phi) is 3.91. The van der Waals surface area contributed by atoms with E-state index in [2.05, 4.69) is 41.7 Å². The van der Waals surface area contributed by atoms with Gasteiger partial charge in [0.05, 0.1) is 12.6 Å². The van der Waals surface area contributed by atoms with E-state index in [1.54, 1.807) is 0 Å². The first-order valence-electron chi connectivity index (χ1n) is 7.35. The van der Waals surface area contributed by atoms with Crippen molar-refractivity contribution in [2.45, 2.75) is 25.8 Å². The molecule has 0 saturated carbocycles. The summed E-state index contributed by atoms with van der Waals surface area (Å²) in [4.78, 5) is 11.8. The Morgan fingerprint density at radius 3 is 2.52 bits per heavy atom. The molecule has 3 rings (SSSR count). The number of carbonyl (C=O) groups is 1. The molecule has 21 heavy (non-hydrogen) atoms. The third-order valence-electron chi connectivity index (χ3n) is 3.92.